The van der Waals surface area contributed by atoms with Gasteiger partial charge in [0.2, 0.25) is 5.89 Å². The van der Waals surface area contributed by atoms with E-state index in [4.69, 9.17) is 4.42 Å². The number of nitrogens with zero attached hydrogens (tertiary/aromatic N) is 2. The van der Waals surface area contributed by atoms with Gasteiger partial charge in [-0.15, -0.1) is 0 Å². The van der Waals surface area contributed by atoms with Crippen molar-refractivity contribution in [3.05, 3.63) is 36.2 Å². The minimum atomic E-state index is -0.135. The highest BCUT2D eigenvalue weighted by Crippen LogP contribution is 2.23. The number of aliphatic hydroxyl groups excluding tert-OH is 1. The molecular formula is C17H21N3O3. The summed E-state index contributed by atoms with van der Waals surface area (Å²) in [5.41, 5.74) is 2.34. The number of urea groups is 1. The van der Waals surface area contributed by atoms with Crippen molar-refractivity contribution in [1.82, 2.24) is 9.88 Å². The number of aryl methyl sites for hydroxylation is 1. The van der Waals surface area contributed by atoms with Gasteiger partial charge < -0.3 is 19.7 Å². The summed E-state index contributed by atoms with van der Waals surface area (Å²) < 4.78 is 5.39. The van der Waals surface area contributed by atoms with E-state index >= 15 is 0 Å². The molecule has 23 heavy (non-hydrogen) atoms. The number of rotatable bonds is 3. The van der Waals surface area contributed by atoms with Gasteiger partial charge in [0.1, 0.15) is 6.26 Å². The molecule has 1 aliphatic heterocycles. The van der Waals surface area contributed by atoms with Gasteiger partial charge in [0.25, 0.3) is 0 Å². The average molecular weight is 315 g/mol. The molecule has 6 heteroatoms. The van der Waals surface area contributed by atoms with Crippen molar-refractivity contribution in [3.8, 4) is 11.5 Å². The molecule has 1 fully saturated rings. The second-order valence-corrected chi connectivity index (χ2v) is 5.94. The molecule has 0 bridgehead atoms. The lowest BCUT2D eigenvalue weighted by Crippen LogP contribution is -2.43. The number of aliphatic hydroxyl groups is 1. The number of likely N-dealkylation sites (tertiary alicyclic amines) is 1. The lowest BCUT2D eigenvalue weighted by atomic mass is 9.99. The summed E-state index contributed by atoms with van der Waals surface area (Å²) in [5, 5.41) is 12.2. The van der Waals surface area contributed by atoms with Crippen LogP contribution in [0, 0.1) is 12.8 Å². The zero-order valence-corrected chi connectivity index (χ0v) is 13.2. The molecule has 2 amide bonds. The zero-order valence-electron chi connectivity index (χ0n) is 13.2. The largest absolute Gasteiger partial charge is 0.444 e. The second-order valence-electron chi connectivity index (χ2n) is 5.94. The molecule has 2 heterocycles. The number of benzene rings is 1. The standard InChI is InChI=1S/C17H21N3O3/c1-12-11-23-16(18-12)14-5-2-6-15(8-14)19-17(22)20-7-3-4-13(9-20)10-21/h2,5-6,8,11,13,21H,3-4,7,9-10H2,1H3,(H,19,22). The summed E-state index contributed by atoms with van der Waals surface area (Å²) in [6.45, 7) is 3.32. The molecule has 0 saturated carbocycles. The summed E-state index contributed by atoms with van der Waals surface area (Å²) in [6, 6.07) is 7.30. The van der Waals surface area contributed by atoms with Crippen LogP contribution >= 0.6 is 0 Å². The van der Waals surface area contributed by atoms with Crippen LogP contribution in [-0.2, 0) is 0 Å². The first kappa shape index (κ1) is 15.6. The molecule has 6 nitrogen and oxygen atoms in total. The third-order valence-corrected chi connectivity index (χ3v) is 4.04. The molecular weight excluding hydrogens is 294 g/mol. The smallest absolute Gasteiger partial charge is 0.321 e. The Kier molecular flexibility index (Phi) is 4.62. The van der Waals surface area contributed by atoms with Gasteiger partial charge in [0.15, 0.2) is 0 Å². The first-order valence-corrected chi connectivity index (χ1v) is 7.85. The molecule has 1 aliphatic rings. The Balaban J connectivity index is 1.69. The Bertz CT molecular complexity index is 683. The van der Waals surface area contributed by atoms with Crippen LogP contribution in [-0.4, -0.2) is 40.7 Å². The second kappa shape index (κ2) is 6.83. The summed E-state index contributed by atoms with van der Waals surface area (Å²) in [6.07, 6.45) is 3.50. The van der Waals surface area contributed by atoms with Gasteiger partial charge >= 0.3 is 6.03 Å². The number of carbonyl (C=O) groups excluding carboxylic acids is 1. The molecule has 2 aromatic rings. The Hall–Kier alpha value is -2.34. The zero-order chi connectivity index (χ0) is 16.2. The molecule has 1 aromatic carbocycles. The van der Waals surface area contributed by atoms with Crippen LogP contribution in [0.1, 0.15) is 18.5 Å². The predicted octanol–water partition coefficient (Wildman–Crippen LogP) is 2.89. The predicted molar refractivity (Wildman–Crippen MR) is 87.1 cm³/mol. The van der Waals surface area contributed by atoms with E-state index in [1.54, 1.807) is 11.2 Å². The van der Waals surface area contributed by atoms with Crippen LogP contribution in [0.2, 0.25) is 0 Å². The Labute approximate surface area is 135 Å². The molecule has 1 unspecified atom stereocenters. The SMILES string of the molecule is Cc1coc(-c2cccc(NC(=O)N3CCCC(CO)C3)c2)n1. The van der Waals surface area contributed by atoms with Crippen molar-refractivity contribution in [1.29, 1.82) is 0 Å². The summed E-state index contributed by atoms with van der Waals surface area (Å²) in [4.78, 5) is 18.4. The number of aromatic nitrogens is 1. The maximum absolute atomic E-state index is 12.4. The number of oxazole rings is 1. The molecule has 2 N–H and O–H groups in total. The van der Waals surface area contributed by atoms with Crippen molar-refractivity contribution in [2.75, 3.05) is 25.0 Å². The molecule has 1 aromatic heterocycles. The molecule has 0 spiro atoms. The van der Waals surface area contributed by atoms with Crippen LogP contribution < -0.4 is 5.32 Å². The maximum Gasteiger partial charge on any atom is 0.321 e. The van der Waals surface area contributed by atoms with Crippen molar-refractivity contribution < 1.29 is 14.3 Å². The fraction of sp³-hybridized carbons (Fsp3) is 0.412. The molecule has 1 atom stereocenters. The number of carbonyl (C=O) groups is 1. The van der Waals surface area contributed by atoms with Gasteiger partial charge in [-0.05, 0) is 43.9 Å². The van der Waals surface area contributed by atoms with Gasteiger partial charge in [0, 0.05) is 30.9 Å². The van der Waals surface area contributed by atoms with Crippen LogP contribution in [0.15, 0.2) is 34.9 Å². The van der Waals surface area contributed by atoms with Crippen molar-refractivity contribution in [3.63, 3.8) is 0 Å². The molecule has 122 valence electrons. The first-order chi connectivity index (χ1) is 11.2. The van der Waals surface area contributed by atoms with Crippen molar-refractivity contribution >= 4 is 11.7 Å². The fourth-order valence-electron chi connectivity index (χ4n) is 2.82. The normalized spacial score (nSPS) is 18.0. The number of anilines is 1. The van der Waals surface area contributed by atoms with Gasteiger partial charge in [-0.1, -0.05) is 6.07 Å². The highest BCUT2D eigenvalue weighted by atomic mass is 16.3. The third kappa shape index (κ3) is 3.71. The minimum absolute atomic E-state index is 0.128. The Morgan fingerprint density at radius 2 is 2.39 bits per heavy atom. The number of hydrogen-bond acceptors (Lipinski definition) is 4. The quantitative estimate of drug-likeness (QED) is 0.913. The van der Waals surface area contributed by atoms with E-state index in [9.17, 15) is 9.90 Å². The van der Waals surface area contributed by atoms with Crippen LogP contribution in [0.4, 0.5) is 10.5 Å². The van der Waals surface area contributed by atoms with Crippen LogP contribution in [0.25, 0.3) is 11.5 Å². The topological polar surface area (TPSA) is 78.6 Å². The van der Waals surface area contributed by atoms with E-state index in [0.29, 0.717) is 18.1 Å². The number of piperidine rings is 1. The van der Waals surface area contributed by atoms with E-state index in [1.165, 1.54) is 0 Å². The van der Waals surface area contributed by atoms with E-state index in [-0.39, 0.29) is 18.6 Å². The van der Waals surface area contributed by atoms with Crippen LogP contribution in [0.3, 0.4) is 0 Å². The third-order valence-electron chi connectivity index (χ3n) is 4.04. The lowest BCUT2D eigenvalue weighted by molar-refractivity contribution is 0.136. The lowest BCUT2D eigenvalue weighted by Gasteiger charge is -2.31. The van der Waals surface area contributed by atoms with Gasteiger partial charge in [0.05, 0.1) is 5.69 Å². The van der Waals surface area contributed by atoms with Gasteiger partial charge in [-0.25, -0.2) is 9.78 Å². The molecule has 1 saturated heterocycles. The van der Waals surface area contributed by atoms with Gasteiger partial charge in [-0.2, -0.15) is 0 Å². The summed E-state index contributed by atoms with van der Waals surface area (Å²) in [5.74, 6) is 0.716. The highest BCUT2D eigenvalue weighted by Gasteiger charge is 2.23. The number of nitrogens with one attached hydrogen (secondary N) is 1. The first-order valence-electron chi connectivity index (χ1n) is 7.85. The molecule has 0 radical (unpaired) electrons. The Morgan fingerprint density at radius 3 is 3.13 bits per heavy atom. The monoisotopic (exact) mass is 315 g/mol. The summed E-state index contributed by atoms with van der Waals surface area (Å²) >= 11 is 0. The number of amides is 2. The number of hydrogen-bond donors (Lipinski definition) is 2. The van der Waals surface area contributed by atoms with E-state index < -0.39 is 0 Å². The molecule has 0 aliphatic carbocycles. The highest BCUT2D eigenvalue weighted by molar-refractivity contribution is 5.90. The fourth-order valence-corrected chi connectivity index (χ4v) is 2.82. The molecule has 3 rings (SSSR count). The Morgan fingerprint density at radius 1 is 1.52 bits per heavy atom. The van der Waals surface area contributed by atoms with E-state index in [0.717, 1.165) is 30.6 Å². The van der Waals surface area contributed by atoms with E-state index in [1.807, 2.05) is 31.2 Å². The summed E-state index contributed by atoms with van der Waals surface area (Å²) in [7, 11) is 0. The average Bonchev–Trinajstić information content (AvgIpc) is 3.02. The maximum atomic E-state index is 12.4. The van der Waals surface area contributed by atoms with Crippen molar-refractivity contribution in [2.45, 2.75) is 19.8 Å². The van der Waals surface area contributed by atoms with Gasteiger partial charge in [-0.3, -0.25) is 0 Å². The van der Waals surface area contributed by atoms with Crippen LogP contribution in [0.5, 0.6) is 0 Å². The van der Waals surface area contributed by atoms with Crippen molar-refractivity contribution in [2.24, 2.45) is 5.92 Å². The van der Waals surface area contributed by atoms with E-state index in [2.05, 4.69) is 10.3 Å². The minimum Gasteiger partial charge on any atom is -0.444 e.